The molecule has 3 heteroatoms. The van der Waals surface area contributed by atoms with Gasteiger partial charge in [0.05, 0.1) is 0 Å². The van der Waals surface area contributed by atoms with Gasteiger partial charge in [0.1, 0.15) is 0 Å². The van der Waals surface area contributed by atoms with E-state index in [1.54, 1.807) is 0 Å². The van der Waals surface area contributed by atoms with Gasteiger partial charge in [-0.15, -0.1) is 0 Å². The molecule has 1 N–H and O–H groups in total. The maximum Gasteiger partial charge on any atom is 0.0499 e. The van der Waals surface area contributed by atoms with Gasteiger partial charge >= 0.3 is 0 Å². The third kappa shape index (κ3) is 4.80. The molecule has 1 aliphatic rings. The minimum atomic E-state index is 0.178. The lowest BCUT2D eigenvalue weighted by Crippen LogP contribution is -2.42. The van der Waals surface area contributed by atoms with Crippen LogP contribution in [0, 0.1) is 5.41 Å². The molecule has 0 spiro atoms. The van der Waals surface area contributed by atoms with Crippen molar-refractivity contribution in [1.82, 2.24) is 4.90 Å². The largest absolute Gasteiger partial charge is 0.396 e. The van der Waals surface area contributed by atoms with Crippen LogP contribution in [0.4, 0.5) is 0 Å². The first-order valence-corrected chi connectivity index (χ1v) is 8.33. The van der Waals surface area contributed by atoms with Crippen molar-refractivity contribution in [2.24, 2.45) is 5.41 Å². The molecule has 0 aliphatic heterocycles. The summed E-state index contributed by atoms with van der Waals surface area (Å²) >= 11 is 1.91. The van der Waals surface area contributed by atoms with Crippen LogP contribution in [-0.4, -0.2) is 48.3 Å². The molecule has 102 valence electrons. The molecule has 17 heavy (non-hydrogen) atoms. The van der Waals surface area contributed by atoms with Gasteiger partial charge in [0.15, 0.2) is 0 Å². The second kappa shape index (κ2) is 7.65. The van der Waals surface area contributed by atoms with E-state index in [1.807, 2.05) is 11.8 Å². The highest BCUT2D eigenvalue weighted by atomic mass is 32.2. The Morgan fingerprint density at radius 1 is 1.24 bits per heavy atom. The van der Waals surface area contributed by atoms with Crippen LogP contribution in [0.25, 0.3) is 0 Å². The fourth-order valence-electron chi connectivity index (χ4n) is 2.90. The van der Waals surface area contributed by atoms with Gasteiger partial charge in [0, 0.05) is 30.4 Å². The first kappa shape index (κ1) is 15.3. The van der Waals surface area contributed by atoms with E-state index in [4.69, 9.17) is 0 Å². The van der Waals surface area contributed by atoms with Crippen molar-refractivity contribution in [1.29, 1.82) is 0 Å². The van der Waals surface area contributed by atoms with Crippen molar-refractivity contribution in [3.05, 3.63) is 0 Å². The topological polar surface area (TPSA) is 23.5 Å². The second-order valence-electron chi connectivity index (χ2n) is 5.79. The minimum absolute atomic E-state index is 0.178. The van der Waals surface area contributed by atoms with E-state index in [9.17, 15) is 5.11 Å². The van der Waals surface area contributed by atoms with E-state index in [1.165, 1.54) is 44.3 Å². The summed E-state index contributed by atoms with van der Waals surface area (Å²) in [5, 5.41) is 9.80. The third-order valence-corrected chi connectivity index (χ3v) is 5.06. The molecular weight excluding hydrogens is 230 g/mol. The molecule has 0 aromatic rings. The summed E-state index contributed by atoms with van der Waals surface area (Å²) in [6.07, 6.45) is 9.88. The van der Waals surface area contributed by atoms with Gasteiger partial charge in [0.25, 0.3) is 0 Å². The Bertz CT molecular complexity index is 202. The highest BCUT2D eigenvalue weighted by Gasteiger charge is 2.32. The van der Waals surface area contributed by atoms with Gasteiger partial charge in [-0.2, -0.15) is 11.8 Å². The first-order chi connectivity index (χ1) is 8.13. The summed E-state index contributed by atoms with van der Waals surface area (Å²) in [4.78, 5) is 2.44. The lowest BCUT2D eigenvalue weighted by molar-refractivity contribution is 0.0595. The second-order valence-corrected chi connectivity index (χ2v) is 6.70. The van der Waals surface area contributed by atoms with E-state index >= 15 is 0 Å². The third-order valence-electron chi connectivity index (χ3n) is 4.24. The smallest absolute Gasteiger partial charge is 0.0499 e. The molecule has 1 rings (SSSR count). The molecule has 1 atom stereocenters. The summed E-state index contributed by atoms with van der Waals surface area (Å²) in [6, 6.07) is 0.608. The average Bonchev–Trinajstić information content (AvgIpc) is 2.55. The molecular formula is C14H29NOS. The van der Waals surface area contributed by atoms with Gasteiger partial charge < -0.3 is 10.0 Å². The van der Waals surface area contributed by atoms with Gasteiger partial charge in [-0.05, 0) is 33.1 Å². The van der Waals surface area contributed by atoms with Crippen LogP contribution in [0.15, 0.2) is 0 Å². The highest BCUT2D eigenvalue weighted by molar-refractivity contribution is 7.98. The number of thioether (sulfide) groups is 1. The van der Waals surface area contributed by atoms with Crippen molar-refractivity contribution in [2.75, 3.05) is 32.2 Å². The molecule has 0 amide bonds. The highest BCUT2D eigenvalue weighted by Crippen LogP contribution is 2.35. The number of hydrogen-bond donors (Lipinski definition) is 1. The summed E-state index contributed by atoms with van der Waals surface area (Å²) in [6.45, 7) is 3.72. The molecule has 0 bridgehead atoms. The van der Waals surface area contributed by atoms with Crippen LogP contribution in [0.1, 0.15) is 45.4 Å². The summed E-state index contributed by atoms with van der Waals surface area (Å²) in [5.74, 6) is 1.18. The molecule has 1 saturated carbocycles. The van der Waals surface area contributed by atoms with Gasteiger partial charge in [-0.3, -0.25) is 0 Å². The Morgan fingerprint density at radius 3 is 2.29 bits per heavy atom. The van der Waals surface area contributed by atoms with Crippen LogP contribution in [0.2, 0.25) is 0 Å². The minimum Gasteiger partial charge on any atom is -0.396 e. The fourth-order valence-corrected chi connectivity index (χ4v) is 3.64. The van der Waals surface area contributed by atoms with Gasteiger partial charge in [-0.25, -0.2) is 0 Å². The van der Waals surface area contributed by atoms with E-state index in [0.717, 1.165) is 6.54 Å². The maximum absolute atomic E-state index is 9.80. The Morgan fingerprint density at radius 2 is 1.82 bits per heavy atom. The van der Waals surface area contributed by atoms with Gasteiger partial charge in [-0.1, -0.05) is 25.7 Å². The Hall–Kier alpha value is 0.270. The lowest BCUT2D eigenvalue weighted by Gasteiger charge is -2.37. The van der Waals surface area contributed by atoms with Crippen molar-refractivity contribution in [3.63, 3.8) is 0 Å². The summed E-state index contributed by atoms with van der Waals surface area (Å²) in [7, 11) is 2.21. The number of aliphatic hydroxyl groups is 1. The molecule has 1 fully saturated rings. The molecule has 0 aromatic heterocycles. The number of hydrogen-bond acceptors (Lipinski definition) is 3. The predicted octanol–water partition coefficient (Wildman–Crippen LogP) is 3.00. The maximum atomic E-state index is 9.80. The molecule has 2 nitrogen and oxygen atoms in total. The normalized spacial score (nSPS) is 22.4. The van der Waals surface area contributed by atoms with Crippen LogP contribution in [0.5, 0.6) is 0 Å². The standard InChI is InChI=1S/C14H29NOS/c1-13(10-17-3)15(2)11-14(12-16)8-6-4-5-7-9-14/h13,16H,4-12H2,1-3H3. The molecule has 0 saturated heterocycles. The number of nitrogens with zero attached hydrogens (tertiary/aromatic N) is 1. The van der Waals surface area contributed by atoms with E-state index in [-0.39, 0.29) is 5.41 Å². The Labute approximate surface area is 111 Å². The van der Waals surface area contributed by atoms with Crippen molar-refractivity contribution in [3.8, 4) is 0 Å². The quantitative estimate of drug-likeness (QED) is 0.742. The SMILES string of the molecule is CSCC(C)N(C)CC1(CO)CCCCCC1. The fraction of sp³-hybridized carbons (Fsp3) is 1.00. The summed E-state index contributed by atoms with van der Waals surface area (Å²) < 4.78 is 0. The Balaban J connectivity index is 2.54. The van der Waals surface area contributed by atoms with Crippen molar-refractivity contribution < 1.29 is 5.11 Å². The summed E-state index contributed by atoms with van der Waals surface area (Å²) in [5.41, 5.74) is 0.178. The van der Waals surface area contributed by atoms with Crippen LogP contribution in [-0.2, 0) is 0 Å². The molecule has 0 radical (unpaired) electrons. The van der Waals surface area contributed by atoms with E-state index < -0.39 is 0 Å². The number of rotatable bonds is 6. The predicted molar refractivity (Wildman–Crippen MR) is 77.7 cm³/mol. The molecule has 0 heterocycles. The van der Waals surface area contributed by atoms with E-state index in [2.05, 4.69) is 25.1 Å². The van der Waals surface area contributed by atoms with Crippen molar-refractivity contribution >= 4 is 11.8 Å². The zero-order valence-electron chi connectivity index (χ0n) is 11.7. The van der Waals surface area contributed by atoms with Crippen molar-refractivity contribution in [2.45, 2.75) is 51.5 Å². The lowest BCUT2D eigenvalue weighted by atomic mass is 9.80. The monoisotopic (exact) mass is 259 g/mol. The number of aliphatic hydroxyl groups excluding tert-OH is 1. The zero-order valence-corrected chi connectivity index (χ0v) is 12.6. The molecule has 1 aliphatic carbocycles. The molecule has 1 unspecified atom stereocenters. The zero-order chi connectivity index (χ0) is 12.7. The average molecular weight is 259 g/mol. The van der Waals surface area contributed by atoms with E-state index in [0.29, 0.717) is 12.6 Å². The first-order valence-electron chi connectivity index (χ1n) is 6.93. The molecule has 0 aromatic carbocycles. The van der Waals surface area contributed by atoms with Crippen LogP contribution in [0.3, 0.4) is 0 Å². The van der Waals surface area contributed by atoms with Crippen LogP contribution >= 0.6 is 11.8 Å². The Kier molecular flexibility index (Phi) is 6.90. The van der Waals surface area contributed by atoms with Crippen LogP contribution < -0.4 is 0 Å². The van der Waals surface area contributed by atoms with Gasteiger partial charge in [0.2, 0.25) is 0 Å².